The zero-order chi connectivity index (χ0) is 14.5. The van der Waals surface area contributed by atoms with Gasteiger partial charge in [-0.05, 0) is 32.8 Å². The van der Waals surface area contributed by atoms with Crippen molar-refractivity contribution in [3.8, 4) is 0 Å². The molecule has 0 fully saturated rings. The quantitative estimate of drug-likeness (QED) is 0.747. The highest BCUT2D eigenvalue weighted by molar-refractivity contribution is 5.82. The van der Waals surface area contributed by atoms with Gasteiger partial charge in [-0.1, -0.05) is 44.9 Å². The Hall–Kier alpha value is -1.28. The molecule has 0 aliphatic rings. The van der Waals surface area contributed by atoms with E-state index in [1.165, 1.54) is 30.2 Å². The molecule has 2 aromatic rings. The normalized spacial score (nSPS) is 14.6. The van der Waals surface area contributed by atoms with Gasteiger partial charge < -0.3 is 9.73 Å². The number of benzene rings is 1. The lowest BCUT2D eigenvalue weighted by Gasteiger charge is -2.19. The third-order valence-corrected chi connectivity index (χ3v) is 4.00. The monoisotopic (exact) mass is 273 g/mol. The van der Waals surface area contributed by atoms with E-state index in [1.54, 1.807) is 0 Å². The smallest absolute Gasteiger partial charge is 0.134 e. The van der Waals surface area contributed by atoms with Crippen molar-refractivity contribution in [2.24, 2.45) is 0 Å². The molecule has 0 bridgehead atoms. The Morgan fingerprint density at radius 1 is 1.15 bits per heavy atom. The largest absolute Gasteiger partial charge is 0.459 e. The van der Waals surface area contributed by atoms with Crippen LogP contribution in [0.25, 0.3) is 11.0 Å². The van der Waals surface area contributed by atoms with Crippen molar-refractivity contribution in [1.82, 2.24) is 5.32 Å². The summed E-state index contributed by atoms with van der Waals surface area (Å²) in [4.78, 5) is 0. The fourth-order valence-electron chi connectivity index (χ4n) is 2.93. The molecule has 0 aliphatic heterocycles. The van der Waals surface area contributed by atoms with E-state index in [2.05, 4.69) is 51.2 Å². The molecule has 2 nitrogen and oxygen atoms in total. The van der Waals surface area contributed by atoms with Crippen LogP contribution in [0.15, 0.2) is 28.7 Å². The molecule has 1 heterocycles. The second-order valence-corrected chi connectivity index (χ2v) is 5.73. The number of unbranched alkanes of at least 4 members (excludes halogenated alkanes) is 1. The molecule has 20 heavy (non-hydrogen) atoms. The van der Waals surface area contributed by atoms with E-state index < -0.39 is 0 Å². The molecule has 2 atom stereocenters. The molecule has 0 aliphatic carbocycles. The van der Waals surface area contributed by atoms with Crippen LogP contribution in [-0.4, -0.2) is 6.04 Å². The van der Waals surface area contributed by atoms with E-state index in [0.717, 1.165) is 17.8 Å². The first-order valence-electron chi connectivity index (χ1n) is 7.93. The first kappa shape index (κ1) is 15.1. The lowest BCUT2D eigenvalue weighted by Crippen LogP contribution is -2.29. The third kappa shape index (κ3) is 3.24. The van der Waals surface area contributed by atoms with E-state index in [9.17, 15) is 0 Å². The van der Waals surface area contributed by atoms with Gasteiger partial charge in [0.05, 0.1) is 6.04 Å². The van der Waals surface area contributed by atoms with Crippen molar-refractivity contribution >= 4 is 11.0 Å². The number of rotatable bonds is 7. The van der Waals surface area contributed by atoms with Crippen molar-refractivity contribution in [3.63, 3.8) is 0 Å². The predicted molar refractivity (Wildman–Crippen MR) is 86.1 cm³/mol. The SMILES string of the molecule is CCCCC(C)NC(C)c1oc2ccccc2c1CC. The molecule has 0 radical (unpaired) electrons. The fraction of sp³-hybridized carbons (Fsp3) is 0.556. The Morgan fingerprint density at radius 3 is 2.60 bits per heavy atom. The molecular formula is C18H27NO. The van der Waals surface area contributed by atoms with E-state index in [4.69, 9.17) is 4.42 Å². The number of nitrogens with one attached hydrogen (secondary N) is 1. The second-order valence-electron chi connectivity index (χ2n) is 5.73. The topological polar surface area (TPSA) is 25.2 Å². The molecule has 1 aromatic carbocycles. The van der Waals surface area contributed by atoms with Crippen molar-refractivity contribution in [1.29, 1.82) is 0 Å². The first-order valence-corrected chi connectivity index (χ1v) is 7.93. The Kier molecular flexibility index (Phi) is 5.24. The summed E-state index contributed by atoms with van der Waals surface area (Å²) in [5, 5.41) is 4.94. The van der Waals surface area contributed by atoms with Crippen LogP contribution in [0.4, 0.5) is 0 Å². The summed E-state index contributed by atoms with van der Waals surface area (Å²) in [6.45, 7) is 8.92. The molecule has 0 saturated carbocycles. The molecule has 2 unspecified atom stereocenters. The van der Waals surface area contributed by atoms with Gasteiger partial charge in [0.25, 0.3) is 0 Å². The Labute approximate surface area is 122 Å². The van der Waals surface area contributed by atoms with Gasteiger partial charge in [-0.15, -0.1) is 0 Å². The minimum atomic E-state index is 0.268. The molecule has 2 rings (SSSR count). The summed E-state index contributed by atoms with van der Waals surface area (Å²) in [7, 11) is 0. The summed E-state index contributed by atoms with van der Waals surface area (Å²) in [6, 6.07) is 9.14. The van der Waals surface area contributed by atoms with Crippen LogP contribution in [-0.2, 0) is 6.42 Å². The van der Waals surface area contributed by atoms with Crippen LogP contribution in [0.5, 0.6) is 0 Å². The highest BCUT2D eigenvalue weighted by Crippen LogP contribution is 2.30. The van der Waals surface area contributed by atoms with Crippen molar-refractivity contribution in [3.05, 3.63) is 35.6 Å². The van der Waals surface area contributed by atoms with Gasteiger partial charge in [0, 0.05) is 17.0 Å². The van der Waals surface area contributed by atoms with E-state index in [-0.39, 0.29) is 6.04 Å². The van der Waals surface area contributed by atoms with Crippen LogP contribution in [0.2, 0.25) is 0 Å². The van der Waals surface area contributed by atoms with Crippen LogP contribution < -0.4 is 5.32 Å². The molecule has 1 N–H and O–H groups in total. The predicted octanol–water partition coefficient (Wildman–Crippen LogP) is 5.22. The average molecular weight is 273 g/mol. The lowest BCUT2D eigenvalue weighted by atomic mass is 10.0. The molecule has 0 amide bonds. The van der Waals surface area contributed by atoms with E-state index >= 15 is 0 Å². The molecule has 0 saturated heterocycles. The summed E-state index contributed by atoms with van der Waals surface area (Å²) >= 11 is 0. The highest BCUT2D eigenvalue weighted by Gasteiger charge is 2.19. The Balaban J connectivity index is 2.19. The van der Waals surface area contributed by atoms with E-state index in [1.807, 2.05) is 6.07 Å². The maximum absolute atomic E-state index is 6.09. The molecule has 110 valence electrons. The zero-order valence-electron chi connectivity index (χ0n) is 13.2. The Bertz CT molecular complexity index is 543. The molecule has 2 heteroatoms. The van der Waals surface area contributed by atoms with E-state index in [0.29, 0.717) is 6.04 Å². The minimum absolute atomic E-state index is 0.268. The zero-order valence-corrected chi connectivity index (χ0v) is 13.2. The molecular weight excluding hydrogens is 246 g/mol. The van der Waals surface area contributed by atoms with Crippen LogP contribution in [0.3, 0.4) is 0 Å². The first-order chi connectivity index (χ1) is 9.67. The minimum Gasteiger partial charge on any atom is -0.459 e. The van der Waals surface area contributed by atoms with Crippen molar-refractivity contribution in [2.45, 2.75) is 65.5 Å². The summed E-state index contributed by atoms with van der Waals surface area (Å²) in [6.07, 6.45) is 4.77. The number of aryl methyl sites for hydroxylation is 1. The second kappa shape index (κ2) is 6.94. The maximum Gasteiger partial charge on any atom is 0.134 e. The maximum atomic E-state index is 6.09. The number of para-hydroxylation sites is 1. The van der Waals surface area contributed by atoms with Gasteiger partial charge in [0.2, 0.25) is 0 Å². The number of hydrogen-bond donors (Lipinski definition) is 1. The number of furan rings is 1. The number of fused-ring (bicyclic) bond motifs is 1. The van der Waals surface area contributed by atoms with Crippen LogP contribution in [0, 0.1) is 0 Å². The number of hydrogen-bond acceptors (Lipinski definition) is 2. The van der Waals surface area contributed by atoms with Gasteiger partial charge in [0.15, 0.2) is 0 Å². The van der Waals surface area contributed by atoms with Crippen LogP contribution >= 0.6 is 0 Å². The highest BCUT2D eigenvalue weighted by atomic mass is 16.3. The Morgan fingerprint density at radius 2 is 1.90 bits per heavy atom. The average Bonchev–Trinajstić information content (AvgIpc) is 2.83. The van der Waals surface area contributed by atoms with Gasteiger partial charge >= 0.3 is 0 Å². The standard InChI is InChI=1S/C18H27NO/c1-5-7-10-13(3)19-14(4)18-15(6-2)16-11-8-9-12-17(16)20-18/h8-9,11-14,19H,5-7,10H2,1-4H3. The van der Waals surface area contributed by atoms with Crippen molar-refractivity contribution < 1.29 is 4.42 Å². The van der Waals surface area contributed by atoms with Gasteiger partial charge in [0.1, 0.15) is 11.3 Å². The summed E-state index contributed by atoms with van der Waals surface area (Å²) in [5.74, 6) is 1.11. The third-order valence-electron chi connectivity index (χ3n) is 4.00. The van der Waals surface area contributed by atoms with Crippen molar-refractivity contribution in [2.75, 3.05) is 0 Å². The lowest BCUT2D eigenvalue weighted by molar-refractivity contribution is 0.391. The summed E-state index contributed by atoms with van der Waals surface area (Å²) < 4.78 is 6.09. The molecule has 1 aromatic heterocycles. The fourth-order valence-corrected chi connectivity index (χ4v) is 2.93. The van der Waals surface area contributed by atoms with Crippen LogP contribution in [0.1, 0.15) is 64.3 Å². The van der Waals surface area contributed by atoms with Gasteiger partial charge in [-0.25, -0.2) is 0 Å². The van der Waals surface area contributed by atoms with Gasteiger partial charge in [-0.3, -0.25) is 0 Å². The van der Waals surface area contributed by atoms with Gasteiger partial charge in [-0.2, -0.15) is 0 Å². The molecule has 0 spiro atoms. The summed E-state index contributed by atoms with van der Waals surface area (Å²) in [5.41, 5.74) is 2.36.